The molecule has 0 unspecified atom stereocenters. The van der Waals surface area contributed by atoms with Crippen LogP contribution in [0, 0.1) is 6.92 Å². The lowest BCUT2D eigenvalue weighted by atomic mass is 10.1. The number of hydrogen-bond donors (Lipinski definition) is 0. The van der Waals surface area contributed by atoms with Gasteiger partial charge in [0, 0.05) is 38.4 Å². The largest absolute Gasteiger partial charge is 0.454 e. The average Bonchev–Trinajstić information content (AvgIpc) is 3.34. The molecule has 5 rings (SSSR count). The van der Waals surface area contributed by atoms with E-state index in [1.807, 2.05) is 43.3 Å². The highest BCUT2D eigenvalue weighted by Gasteiger charge is 2.44. The van der Waals surface area contributed by atoms with E-state index in [9.17, 15) is 9.59 Å². The lowest BCUT2D eigenvalue weighted by Crippen LogP contribution is -2.51. The molecule has 3 heterocycles. The standard InChI is InChI=1S/C24H28N4O4/c1-17-3-6-20(7-4-17)28-18(2)23(29)27(24(28)30)15-26-11-9-25(10-12-26)14-19-5-8-21-22(13-19)32-16-31-21/h3-8,13,18H,9-12,14-16H2,1-2H3/t18-/m0/s1. The number of amides is 3. The Balaban J connectivity index is 1.17. The molecule has 2 saturated heterocycles. The summed E-state index contributed by atoms with van der Waals surface area (Å²) < 4.78 is 10.9. The van der Waals surface area contributed by atoms with Crippen molar-refractivity contribution in [1.29, 1.82) is 0 Å². The molecule has 1 atom stereocenters. The molecule has 2 fully saturated rings. The van der Waals surface area contributed by atoms with Gasteiger partial charge in [-0.2, -0.15) is 0 Å². The molecule has 3 aliphatic rings. The number of anilines is 1. The third-order valence-electron chi connectivity index (χ3n) is 6.41. The summed E-state index contributed by atoms with van der Waals surface area (Å²) >= 11 is 0. The smallest absolute Gasteiger partial charge is 0.333 e. The second kappa shape index (κ2) is 8.44. The normalized spacial score (nSPS) is 21.6. The maximum Gasteiger partial charge on any atom is 0.333 e. The van der Waals surface area contributed by atoms with Gasteiger partial charge in [0.25, 0.3) is 5.91 Å². The summed E-state index contributed by atoms with van der Waals surface area (Å²) in [6.07, 6.45) is 0. The molecule has 0 radical (unpaired) electrons. The molecular formula is C24H28N4O4. The summed E-state index contributed by atoms with van der Waals surface area (Å²) in [6.45, 7) is 8.62. The molecule has 3 amide bonds. The van der Waals surface area contributed by atoms with Gasteiger partial charge < -0.3 is 9.47 Å². The van der Waals surface area contributed by atoms with Crippen molar-refractivity contribution in [3.8, 4) is 11.5 Å². The van der Waals surface area contributed by atoms with Crippen LogP contribution in [0.4, 0.5) is 10.5 Å². The number of imide groups is 1. The fourth-order valence-electron chi connectivity index (χ4n) is 4.48. The van der Waals surface area contributed by atoms with E-state index >= 15 is 0 Å². The fraction of sp³-hybridized carbons (Fsp3) is 0.417. The zero-order chi connectivity index (χ0) is 22.2. The maximum absolute atomic E-state index is 13.1. The van der Waals surface area contributed by atoms with E-state index in [1.165, 1.54) is 10.5 Å². The minimum absolute atomic E-state index is 0.140. The van der Waals surface area contributed by atoms with Crippen LogP contribution in [0.3, 0.4) is 0 Å². The quantitative estimate of drug-likeness (QED) is 0.672. The van der Waals surface area contributed by atoms with Gasteiger partial charge in [0.05, 0.1) is 6.67 Å². The first-order valence-electron chi connectivity index (χ1n) is 11.0. The van der Waals surface area contributed by atoms with E-state index in [4.69, 9.17) is 9.47 Å². The monoisotopic (exact) mass is 436 g/mol. The van der Waals surface area contributed by atoms with Crippen LogP contribution in [-0.4, -0.2) is 72.3 Å². The van der Waals surface area contributed by atoms with Crippen LogP contribution in [0.25, 0.3) is 0 Å². The van der Waals surface area contributed by atoms with Crippen molar-refractivity contribution in [1.82, 2.24) is 14.7 Å². The Morgan fingerprint density at radius 3 is 2.34 bits per heavy atom. The number of aryl methyl sites for hydroxylation is 1. The number of benzene rings is 2. The highest BCUT2D eigenvalue weighted by Crippen LogP contribution is 2.33. The highest BCUT2D eigenvalue weighted by atomic mass is 16.7. The number of fused-ring (bicyclic) bond motifs is 1. The highest BCUT2D eigenvalue weighted by molar-refractivity contribution is 6.14. The van der Waals surface area contributed by atoms with Gasteiger partial charge in [-0.25, -0.2) is 9.69 Å². The summed E-state index contributed by atoms with van der Waals surface area (Å²) in [5.74, 6) is 1.46. The van der Waals surface area contributed by atoms with E-state index in [1.54, 1.807) is 11.8 Å². The average molecular weight is 437 g/mol. The van der Waals surface area contributed by atoms with Gasteiger partial charge in [-0.3, -0.25) is 19.5 Å². The van der Waals surface area contributed by atoms with Gasteiger partial charge in [0.2, 0.25) is 6.79 Å². The number of carbonyl (C=O) groups excluding carboxylic acids is 2. The van der Waals surface area contributed by atoms with Crippen LogP contribution >= 0.6 is 0 Å². The number of urea groups is 1. The Morgan fingerprint density at radius 2 is 1.59 bits per heavy atom. The molecule has 0 saturated carbocycles. The summed E-state index contributed by atoms with van der Waals surface area (Å²) in [5, 5.41) is 0. The predicted molar refractivity (Wildman–Crippen MR) is 120 cm³/mol. The molecular weight excluding hydrogens is 408 g/mol. The van der Waals surface area contributed by atoms with E-state index < -0.39 is 6.04 Å². The van der Waals surface area contributed by atoms with E-state index in [2.05, 4.69) is 15.9 Å². The predicted octanol–water partition coefficient (Wildman–Crippen LogP) is 2.66. The van der Waals surface area contributed by atoms with Crippen molar-refractivity contribution < 1.29 is 19.1 Å². The summed E-state index contributed by atoms with van der Waals surface area (Å²) in [5.41, 5.74) is 3.07. The van der Waals surface area contributed by atoms with Crippen molar-refractivity contribution >= 4 is 17.6 Å². The molecule has 0 aliphatic carbocycles. The van der Waals surface area contributed by atoms with Crippen molar-refractivity contribution in [3.05, 3.63) is 53.6 Å². The molecule has 0 aromatic heterocycles. The lowest BCUT2D eigenvalue weighted by Gasteiger charge is -2.36. The number of ether oxygens (including phenoxy) is 2. The molecule has 32 heavy (non-hydrogen) atoms. The van der Waals surface area contributed by atoms with Crippen molar-refractivity contribution in [2.24, 2.45) is 0 Å². The Kier molecular flexibility index (Phi) is 5.48. The van der Waals surface area contributed by atoms with Gasteiger partial charge in [-0.1, -0.05) is 23.8 Å². The first-order valence-corrected chi connectivity index (χ1v) is 11.0. The number of hydrogen-bond acceptors (Lipinski definition) is 6. The van der Waals surface area contributed by atoms with Crippen LogP contribution < -0.4 is 14.4 Å². The third kappa shape index (κ3) is 3.91. The second-order valence-electron chi connectivity index (χ2n) is 8.65. The molecule has 2 aromatic rings. The molecule has 0 N–H and O–H groups in total. The van der Waals surface area contributed by atoms with Gasteiger partial charge in [0.1, 0.15) is 6.04 Å². The fourth-order valence-corrected chi connectivity index (χ4v) is 4.48. The van der Waals surface area contributed by atoms with Crippen molar-refractivity contribution in [2.45, 2.75) is 26.4 Å². The van der Waals surface area contributed by atoms with Crippen LogP contribution in [0.2, 0.25) is 0 Å². The van der Waals surface area contributed by atoms with Crippen LogP contribution in [0.1, 0.15) is 18.1 Å². The van der Waals surface area contributed by atoms with Crippen molar-refractivity contribution in [2.75, 3.05) is 44.5 Å². The first kappa shape index (κ1) is 20.8. The number of piperazine rings is 1. The van der Waals surface area contributed by atoms with Crippen LogP contribution in [-0.2, 0) is 11.3 Å². The topological polar surface area (TPSA) is 65.6 Å². The molecule has 0 bridgehead atoms. The molecule has 168 valence electrons. The molecule has 0 spiro atoms. The molecule has 3 aliphatic heterocycles. The number of rotatable bonds is 5. The minimum atomic E-state index is -0.488. The molecule has 8 heteroatoms. The van der Waals surface area contributed by atoms with Crippen molar-refractivity contribution in [3.63, 3.8) is 0 Å². The maximum atomic E-state index is 13.1. The van der Waals surface area contributed by atoms with Gasteiger partial charge >= 0.3 is 6.03 Å². The molecule has 8 nitrogen and oxygen atoms in total. The van der Waals surface area contributed by atoms with Crippen LogP contribution in [0.15, 0.2) is 42.5 Å². The Morgan fingerprint density at radius 1 is 0.906 bits per heavy atom. The molecule has 2 aromatic carbocycles. The van der Waals surface area contributed by atoms with Gasteiger partial charge in [-0.15, -0.1) is 0 Å². The number of carbonyl (C=O) groups is 2. The zero-order valence-corrected chi connectivity index (χ0v) is 18.5. The zero-order valence-electron chi connectivity index (χ0n) is 18.5. The summed E-state index contributed by atoms with van der Waals surface area (Å²) in [7, 11) is 0. The van der Waals surface area contributed by atoms with E-state index in [0.29, 0.717) is 6.67 Å². The minimum Gasteiger partial charge on any atom is -0.454 e. The SMILES string of the molecule is Cc1ccc(N2C(=O)N(CN3CCN(Cc4ccc5c(c4)OCO5)CC3)C(=O)[C@@H]2C)cc1. The Labute approximate surface area is 187 Å². The Hall–Kier alpha value is -3.10. The van der Waals surface area contributed by atoms with E-state index in [0.717, 1.165) is 55.5 Å². The van der Waals surface area contributed by atoms with Crippen LogP contribution in [0.5, 0.6) is 11.5 Å². The van der Waals surface area contributed by atoms with E-state index in [-0.39, 0.29) is 18.7 Å². The second-order valence-corrected chi connectivity index (χ2v) is 8.65. The third-order valence-corrected chi connectivity index (χ3v) is 6.41. The number of nitrogens with zero attached hydrogens (tertiary/aromatic N) is 4. The lowest BCUT2D eigenvalue weighted by molar-refractivity contribution is -0.128. The summed E-state index contributed by atoms with van der Waals surface area (Å²) in [6, 6.07) is 13.1. The summed E-state index contributed by atoms with van der Waals surface area (Å²) in [4.78, 5) is 33.4. The first-order chi connectivity index (χ1) is 15.5. The van der Waals surface area contributed by atoms with Gasteiger partial charge in [0.15, 0.2) is 11.5 Å². The Bertz CT molecular complexity index is 1020. The van der Waals surface area contributed by atoms with Gasteiger partial charge in [-0.05, 0) is 43.7 Å².